The van der Waals surface area contributed by atoms with E-state index in [9.17, 15) is 4.79 Å². The van der Waals surface area contributed by atoms with E-state index in [1.54, 1.807) is 12.5 Å². The first-order chi connectivity index (χ1) is 9.93. The highest BCUT2D eigenvalue weighted by atomic mass is 16.3. The molecule has 0 atom stereocenters. The van der Waals surface area contributed by atoms with Crippen molar-refractivity contribution in [2.75, 3.05) is 0 Å². The van der Waals surface area contributed by atoms with Gasteiger partial charge in [-0.3, -0.25) is 9.48 Å². The summed E-state index contributed by atoms with van der Waals surface area (Å²) >= 11 is 0. The Morgan fingerprint density at radius 1 is 1.43 bits per heavy atom. The van der Waals surface area contributed by atoms with Gasteiger partial charge in [-0.2, -0.15) is 5.10 Å². The topological polar surface area (TPSA) is 60.1 Å². The molecule has 0 saturated carbocycles. The minimum Gasteiger partial charge on any atom is -0.467 e. The van der Waals surface area contributed by atoms with Crippen LogP contribution in [0, 0.1) is 0 Å². The third kappa shape index (κ3) is 3.54. The number of hydrogen-bond donors (Lipinski definition) is 1. The van der Waals surface area contributed by atoms with Crippen molar-refractivity contribution < 1.29 is 9.21 Å². The van der Waals surface area contributed by atoms with Crippen molar-refractivity contribution in [2.24, 2.45) is 0 Å². The zero-order valence-corrected chi connectivity index (χ0v) is 13.1. The van der Waals surface area contributed by atoms with Crippen molar-refractivity contribution in [3.8, 4) is 0 Å². The van der Waals surface area contributed by atoms with Crippen LogP contribution in [0.2, 0.25) is 0 Å². The Kier molecular flexibility index (Phi) is 4.50. The molecule has 2 aromatic rings. The first-order valence-electron chi connectivity index (χ1n) is 7.31. The molecule has 0 bridgehead atoms. The molecule has 5 nitrogen and oxygen atoms in total. The molecule has 5 heteroatoms. The van der Waals surface area contributed by atoms with E-state index in [0.717, 1.165) is 24.3 Å². The average molecular weight is 289 g/mol. The molecule has 21 heavy (non-hydrogen) atoms. The van der Waals surface area contributed by atoms with E-state index < -0.39 is 0 Å². The summed E-state index contributed by atoms with van der Waals surface area (Å²) in [7, 11) is 0. The molecular formula is C16H23N3O2. The fourth-order valence-corrected chi connectivity index (χ4v) is 2.29. The predicted octanol–water partition coefficient (Wildman–Crippen LogP) is 3.11. The van der Waals surface area contributed by atoms with Crippen molar-refractivity contribution in [3.63, 3.8) is 0 Å². The second-order valence-corrected chi connectivity index (χ2v) is 6.10. The van der Waals surface area contributed by atoms with Crippen LogP contribution in [0.1, 0.15) is 55.9 Å². The van der Waals surface area contributed by atoms with Crippen LogP contribution in [0.5, 0.6) is 0 Å². The Morgan fingerprint density at radius 3 is 2.76 bits per heavy atom. The van der Waals surface area contributed by atoms with E-state index >= 15 is 0 Å². The van der Waals surface area contributed by atoms with Gasteiger partial charge in [-0.05, 0) is 39.3 Å². The Morgan fingerprint density at radius 2 is 2.19 bits per heavy atom. The number of hydrogen-bond acceptors (Lipinski definition) is 3. The van der Waals surface area contributed by atoms with Gasteiger partial charge in [0.15, 0.2) is 0 Å². The lowest BCUT2D eigenvalue weighted by Crippen LogP contribution is -2.28. The summed E-state index contributed by atoms with van der Waals surface area (Å²) in [5.74, 6) is 0.633. The molecule has 0 spiro atoms. The van der Waals surface area contributed by atoms with Crippen LogP contribution in [0.25, 0.3) is 0 Å². The van der Waals surface area contributed by atoms with E-state index in [4.69, 9.17) is 4.42 Å². The van der Waals surface area contributed by atoms with Crippen LogP contribution >= 0.6 is 0 Å². The summed E-state index contributed by atoms with van der Waals surface area (Å²) < 4.78 is 7.16. The highest BCUT2D eigenvalue weighted by Crippen LogP contribution is 2.20. The molecule has 0 unspecified atom stereocenters. The zero-order valence-electron chi connectivity index (χ0n) is 13.1. The maximum atomic E-state index is 12.4. The van der Waals surface area contributed by atoms with Gasteiger partial charge < -0.3 is 9.73 Å². The SMILES string of the molecule is CCCc1c(C(=O)NCc2ccco2)cnn1C(C)(C)C. The fourth-order valence-electron chi connectivity index (χ4n) is 2.29. The Labute approximate surface area is 125 Å². The Hall–Kier alpha value is -2.04. The van der Waals surface area contributed by atoms with Gasteiger partial charge in [-0.15, -0.1) is 0 Å². The maximum absolute atomic E-state index is 12.4. The largest absolute Gasteiger partial charge is 0.467 e. The van der Waals surface area contributed by atoms with Crippen molar-refractivity contribution >= 4 is 5.91 Å². The second kappa shape index (κ2) is 6.16. The summed E-state index contributed by atoms with van der Waals surface area (Å²) in [5.41, 5.74) is 1.50. The first kappa shape index (κ1) is 15.4. The van der Waals surface area contributed by atoms with Gasteiger partial charge in [0.05, 0.1) is 35.8 Å². The number of rotatable bonds is 5. The number of nitrogens with zero attached hydrogens (tertiary/aromatic N) is 2. The van der Waals surface area contributed by atoms with Crippen molar-refractivity contribution in [2.45, 2.75) is 52.6 Å². The standard InChI is InChI=1S/C16H23N3O2/c1-5-7-14-13(11-18-19(14)16(2,3)4)15(20)17-10-12-8-6-9-21-12/h6,8-9,11H,5,7,10H2,1-4H3,(H,17,20). The quantitative estimate of drug-likeness (QED) is 0.920. The summed E-state index contributed by atoms with van der Waals surface area (Å²) in [5, 5.41) is 7.28. The Balaban J connectivity index is 2.18. The normalized spacial score (nSPS) is 11.6. The summed E-state index contributed by atoms with van der Waals surface area (Å²) in [6.07, 6.45) is 5.07. The van der Waals surface area contributed by atoms with Crippen molar-refractivity contribution in [1.82, 2.24) is 15.1 Å². The zero-order chi connectivity index (χ0) is 15.5. The van der Waals surface area contributed by atoms with Crippen LogP contribution in [-0.2, 0) is 18.5 Å². The van der Waals surface area contributed by atoms with Gasteiger partial charge in [0.1, 0.15) is 5.76 Å². The van der Waals surface area contributed by atoms with Gasteiger partial charge in [-0.1, -0.05) is 13.3 Å². The molecule has 0 fully saturated rings. The van der Waals surface area contributed by atoms with Gasteiger partial charge in [0.25, 0.3) is 5.91 Å². The first-order valence-corrected chi connectivity index (χ1v) is 7.31. The smallest absolute Gasteiger partial charge is 0.255 e. The summed E-state index contributed by atoms with van der Waals surface area (Å²) in [4.78, 5) is 12.4. The molecule has 114 valence electrons. The van der Waals surface area contributed by atoms with Gasteiger partial charge >= 0.3 is 0 Å². The van der Waals surface area contributed by atoms with Crippen LogP contribution in [0.4, 0.5) is 0 Å². The number of amides is 1. The van der Waals surface area contributed by atoms with E-state index in [2.05, 4.69) is 38.1 Å². The highest BCUT2D eigenvalue weighted by molar-refractivity contribution is 5.95. The maximum Gasteiger partial charge on any atom is 0.255 e. The lowest BCUT2D eigenvalue weighted by atomic mass is 10.1. The molecule has 0 aromatic carbocycles. The molecule has 2 heterocycles. The van der Waals surface area contributed by atoms with E-state index in [1.807, 2.05) is 16.8 Å². The van der Waals surface area contributed by atoms with Gasteiger partial charge in [0, 0.05) is 0 Å². The Bertz CT molecular complexity index is 592. The molecule has 0 aliphatic carbocycles. The molecule has 1 amide bonds. The number of carbonyl (C=O) groups excluding carboxylic acids is 1. The third-order valence-electron chi connectivity index (χ3n) is 3.24. The molecule has 0 aliphatic heterocycles. The lowest BCUT2D eigenvalue weighted by Gasteiger charge is -2.22. The van der Waals surface area contributed by atoms with E-state index in [-0.39, 0.29) is 11.4 Å². The molecule has 2 rings (SSSR count). The molecule has 0 radical (unpaired) electrons. The number of furan rings is 1. The highest BCUT2D eigenvalue weighted by Gasteiger charge is 2.23. The van der Waals surface area contributed by atoms with Crippen LogP contribution in [-0.4, -0.2) is 15.7 Å². The third-order valence-corrected chi connectivity index (χ3v) is 3.24. The lowest BCUT2D eigenvalue weighted by molar-refractivity contribution is 0.0946. The van der Waals surface area contributed by atoms with Crippen LogP contribution in [0.3, 0.4) is 0 Å². The van der Waals surface area contributed by atoms with Crippen molar-refractivity contribution in [3.05, 3.63) is 41.6 Å². The summed E-state index contributed by atoms with van der Waals surface area (Å²) in [6.45, 7) is 8.75. The number of aromatic nitrogens is 2. The monoisotopic (exact) mass is 289 g/mol. The van der Waals surface area contributed by atoms with E-state index in [1.165, 1.54) is 0 Å². The van der Waals surface area contributed by atoms with Crippen LogP contribution < -0.4 is 5.32 Å². The molecule has 2 aromatic heterocycles. The second-order valence-electron chi connectivity index (χ2n) is 6.10. The molecule has 0 saturated heterocycles. The van der Waals surface area contributed by atoms with Crippen LogP contribution in [0.15, 0.2) is 29.0 Å². The molecule has 0 aliphatic rings. The predicted molar refractivity (Wildman–Crippen MR) is 81.1 cm³/mol. The number of carbonyl (C=O) groups is 1. The molecular weight excluding hydrogens is 266 g/mol. The minimum atomic E-state index is -0.135. The minimum absolute atomic E-state index is 0.106. The van der Waals surface area contributed by atoms with Gasteiger partial charge in [-0.25, -0.2) is 0 Å². The average Bonchev–Trinajstić information content (AvgIpc) is 3.04. The van der Waals surface area contributed by atoms with Crippen molar-refractivity contribution in [1.29, 1.82) is 0 Å². The van der Waals surface area contributed by atoms with E-state index in [0.29, 0.717) is 12.1 Å². The molecule has 1 N–H and O–H groups in total. The fraction of sp³-hybridized carbons (Fsp3) is 0.500. The summed E-state index contributed by atoms with van der Waals surface area (Å²) in [6, 6.07) is 3.65. The van der Waals surface area contributed by atoms with Gasteiger partial charge in [0.2, 0.25) is 0 Å². The number of nitrogens with one attached hydrogen (secondary N) is 1.